The Hall–Kier alpha value is -1.26. The SMILES string of the molecule is COc1ccc(C(=O)N(C)[C@H]2CCCNC2)cc1.Cl. The Morgan fingerprint density at radius 2 is 2.05 bits per heavy atom. The van der Waals surface area contributed by atoms with E-state index in [0.717, 1.165) is 31.7 Å². The van der Waals surface area contributed by atoms with Crippen LogP contribution in [0, 0.1) is 0 Å². The van der Waals surface area contributed by atoms with Crippen molar-refractivity contribution in [2.24, 2.45) is 0 Å². The minimum absolute atomic E-state index is 0. The van der Waals surface area contributed by atoms with Gasteiger partial charge in [-0.05, 0) is 43.7 Å². The van der Waals surface area contributed by atoms with Gasteiger partial charge in [0.25, 0.3) is 5.91 Å². The van der Waals surface area contributed by atoms with Gasteiger partial charge in [0.05, 0.1) is 7.11 Å². The van der Waals surface area contributed by atoms with E-state index in [1.807, 2.05) is 36.2 Å². The van der Waals surface area contributed by atoms with Gasteiger partial charge in [-0.15, -0.1) is 12.4 Å². The van der Waals surface area contributed by atoms with Crippen LogP contribution in [0.3, 0.4) is 0 Å². The minimum atomic E-state index is 0. The number of nitrogens with zero attached hydrogens (tertiary/aromatic N) is 1. The first-order chi connectivity index (χ1) is 8.72. The van der Waals surface area contributed by atoms with Crippen LogP contribution in [-0.2, 0) is 0 Å². The summed E-state index contributed by atoms with van der Waals surface area (Å²) < 4.78 is 5.09. The molecule has 1 aliphatic heterocycles. The third-order valence-electron chi connectivity index (χ3n) is 3.48. The molecule has 0 radical (unpaired) electrons. The maximum Gasteiger partial charge on any atom is 0.253 e. The summed E-state index contributed by atoms with van der Waals surface area (Å²) in [6.07, 6.45) is 2.20. The van der Waals surface area contributed by atoms with Gasteiger partial charge < -0.3 is 15.0 Å². The highest BCUT2D eigenvalue weighted by molar-refractivity contribution is 5.94. The molecule has 0 bridgehead atoms. The zero-order chi connectivity index (χ0) is 13.0. The number of amides is 1. The van der Waals surface area contributed by atoms with Crippen molar-refractivity contribution in [3.8, 4) is 5.75 Å². The highest BCUT2D eigenvalue weighted by Gasteiger charge is 2.22. The predicted octanol–water partition coefficient (Wildman–Crippen LogP) is 1.94. The Labute approximate surface area is 120 Å². The third-order valence-corrected chi connectivity index (χ3v) is 3.48. The lowest BCUT2D eigenvalue weighted by molar-refractivity contribution is 0.0708. The third kappa shape index (κ3) is 3.85. The number of carbonyl (C=O) groups is 1. The number of likely N-dealkylation sites (N-methyl/N-ethyl adjacent to an activating group) is 1. The van der Waals surface area contributed by atoms with Crippen molar-refractivity contribution in [2.75, 3.05) is 27.2 Å². The van der Waals surface area contributed by atoms with E-state index in [1.165, 1.54) is 0 Å². The number of nitrogens with one attached hydrogen (secondary N) is 1. The van der Waals surface area contributed by atoms with Crippen LogP contribution in [0.5, 0.6) is 5.75 Å². The number of piperidine rings is 1. The average Bonchev–Trinajstić information content (AvgIpc) is 2.47. The summed E-state index contributed by atoms with van der Waals surface area (Å²) in [7, 11) is 3.50. The lowest BCUT2D eigenvalue weighted by atomic mass is 10.1. The van der Waals surface area contributed by atoms with Crippen molar-refractivity contribution in [2.45, 2.75) is 18.9 Å². The van der Waals surface area contributed by atoms with E-state index in [0.29, 0.717) is 11.6 Å². The van der Waals surface area contributed by atoms with Gasteiger partial charge in [-0.3, -0.25) is 4.79 Å². The smallest absolute Gasteiger partial charge is 0.253 e. The maximum atomic E-state index is 12.3. The molecule has 0 aliphatic carbocycles. The number of carbonyl (C=O) groups excluding carboxylic acids is 1. The molecule has 1 amide bonds. The van der Waals surface area contributed by atoms with Crippen LogP contribution in [0.1, 0.15) is 23.2 Å². The van der Waals surface area contributed by atoms with Crippen LogP contribution in [0.15, 0.2) is 24.3 Å². The van der Waals surface area contributed by atoms with E-state index in [4.69, 9.17) is 4.74 Å². The normalized spacial score (nSPS) is 18.3. The summed E-state index contributed by atoms with van der Waals surface area (Å²) in [6.45, 7) is 1.94. The van der Waals surface area contributed by atoms with Gasteiger partial charge in [0.2, 0.25) is 0 Å². The van der Waals surface area contributed by atoms with Crippen LogP contribution < -0.4 is 10.1 Å². The monoisotopic (exact) mass is 284 g/mol. The second-order valence-corrected chi connectivity index (χ2v) is 4.64. The molecule has 0 saturated carbocycles. The molecule has 1 atom stereocenters. The molecule has 1 N–H and O–H groups in total. The van der Waals surface area contributed by atoms with Crippen molar-refractivity contribution >= 4 is 18.3 Å². The van der Waals surface area contributed by atoms with Crippen LogP contribution in [0.4, 0.5) is 0 Å². The van der Waals surface area contributed by atoms with Gasteiger partial charge in [0.1, 0.15) is 5.75 Å². The second kappa shape index (κ2) is 7.36. The molecule has 1 aromatic rings. The zero-order valence-electron chi connectivity index (χ0n) is 11.4. The lowest BCUT2D eigenvalue weighted by Crippen LogP contribution is -2.46. The van der Waals surface area contributed by atoms with E-state index in [9.17, 15) is 4.79 Å². The molecule has 1 aliphatic rings. The van der Waals surface area contributed by atoms with Crippen molar-refractivity contribution < 1.29 is 9.53 Å². The molecule has 5 heteroatoms. The Morgan fingerprint density at radius 3 is 2.58 bits per heavy atom. The first kappa shape index (κ1) is 15.8. The zero-order valence-corrected chi connectivity index (χ0v) is 12.2. The fraction of sp³-hybridized carbons (Fsp3) is 0.500. The maximum absolute atomic E-state index is 12.3. The fourth-order valence-corrected chi connectivity index (χ4v) is 2.27. The van der Waals surface area contributed by atoms with Gasteiger partial charge in [-0.1, -0.05) is 0 Å². The first-order valence-electron chi connectivity index (χ1n) is 6.34. The molecular formula is C14H21ClN2O2. The Kier molecular flexibility index (Phi) is 6.12. The summed E-state index contributed by atoms with van der Waals surface area (Å²) in [6, 6.07) is 7.57. The van der Waals surface area contributed by atoms with Crippen LogP contribution in [-0.4, -0.2) is 44.1 Å². The number of methoxy groups -OCH3 is 1. The number of ether oxygens (including phenoxy) is 1. The second-order valence-electron chi connectivity index (χ2n) is 4.64. The fourth-order valence-electron chi connectivity index (χ4n) is 2.27. The number of benzene rings is 1. The number of rotatable bonds is 3. The molecule has 1 saturated heterocycles. The van der Waals surface area contributed by atoms with Crippen molar-refractivity contribution in [3.05, 3.63) is 29.8 Å². The molecule has 0 spiro atoms. The largest absolute Gasteiger partial charge is 0.497 e. The molecular weight excluding hydrogens is 264 g/mol. The molecule has 106 valence electrons. The Balaban J connectivity index is 0.00000180. The number of hydrogen-bond acceptors (Lipinski definition) is 3. The summed E-state index contributed by atoms with van der Waals surface area (Å²) in [5.41, 5.74) is 0.712. The van der Waals surface area contributed by atoms with E-state index in [1.54, 1.807) is 7.11 Å². The van der Waals surface area contributed by atoms with E-state index < -0.39 is 0 Å². The van der Waals surface area contributed by atoms with Crippen molar-refractivity contribution in [3.63, 3.8) is 0 Å². The summed E-state index contributed by atoms with van der Waals surface area (Å²) in [5.74, 6) is 0.847. The van der Waals surface area contributed by atoms with Gasteiger partial charge in [0.15, 0.2) is 0 Å². The minimum Gasteiger partial charge on any atom is -0.497 e. The highest BCUT2D eigenvalue weighted by Crippen LogP contribution is 2.15. The molecule has 2 rings (SSSR count). The van der Waals surface area contributed by atoms with Crippen LogP contribution in [0.25, 0.3) is 0 Å². The van der Waals surface area contributed by atoms with E-state index >= 15 is 0 Å². The van der Waals surface area contributed by atoms with Crippen LogP contribution >= 0.6 is 12.4 Å². The van der Waals surface area contributed by atoms with Gasteiger partial charge in [0, 0.05) is 25.2 Å². The molecule has 4 nitrogen and oxygen atoms in total. The summed E-state index contributed by atoms with van der Waals surface area (Å²) in [5, 5.41) is 3.33. The molecule has 1 fully saturated rings. The van der Waals surface area contributed by atoms with Gasteiger partial charge in [-0.2, -0.15) is 0 Å². The molecule has 1 aromatic carbocycles. The van der Waals surface area contributed by atoms with Crippen LogP contribution in [0.2, 0.25) is 0 Å². The Morgan fingerprint density at radius 1 is 1.37 bits per heavy atom. The average molecular weight is 285 g/mol. The van der Waals surface area contributed by atoms with Crippen molar-refractivity contribution in [1.29, 1.82) is 0 Å². The number of hydrogen-bond donors (Lipinski definition) is 1. The molecule has 1 heterocycles. The number of halogens is 1. The van der Waals surface area contributed by atoms with Gasteiger partial charge in [-0.25, -0.2) is 0 Å². The molecule has 0 unspecified atom stereocenters. The summed E-state index contributed by atoms with van der Waals surface area (Å²) in [4.78, 5) is 14.1. The molecule has 19 heavy (non-hydrogen) atoms. The van der Waals surface area contributed by atoms with Crippen molar-refractivity contribution in [1.82, 2.24) is 10.2 Å². The summed E-state index contributed by atoms with van der Waals surface area (Å²) >= 11 is 0. The Bertz CT molecular complexity index is 402. The molecule has 0 aromatic heterocycles. The highest BCUT2D eigenvalue weighted by atomic mass is 35.5. The topological polar surface area (TPSA) is 41.6 Å². The standard InChI is InChI=1S/C14H20N2O2.ClH/c1-16(12-4-3-9-15-10-12)14(17)11-5-7-13(18-2)8-6-11;/h5-8,12,15H,3-4,9-10H2,1-2H3;1H/t12-;/m0./s1. The van der Waals surface area contributed by atoms with E-state index in [2.05, 4.69) is 5.32 Å². The van der Waals surface area contributed by atoms with E-state index in [-0.39, 0.29) is 18.3 Å². The first-order valence-corrected chi connectivity index (χ1v) is 6.34. The quantitative estimate of drug-likeness (QED) is 0.922. The van der Waals surface area contributed by atoms with Gasteiger partial charge >= 0.3 is 0 Å². The predicted molar refractivity (Wildman–Crippen MR) is 78.2 cm³/mol. The lowest BCUT2D eigenvalue weighted by Gasteiger charge is -2.31.